The Kier molecular flexibility index (Phi) is 28.5. The van der Waals surface area contributed by atoms with E-state index in [9.17, 15) is 19.2 Å². The molecule has 1 atom stereocenters. The van der Waals surface area contributed by atoms with Gasteiger partial charge in [-0.3, -0.25) is 14.4 Å². The van der Waals surface area contributed by atoms with Crippen molar-refractivity contribution in [3.63, 3.8) is 0 Å². The van der Waals surface area contributed by atoms with Crippen molar-refractivity contribution in [1.82, 2.24) is 0 Å². The average Bonchev–Trinajstić information content (AvgIpc) is 2.97. The van der Waals surface area contributed by atoms with Crippen LogP contribution >= 0.6 is 0 Å². The second kappa shape index (κ2) is 29.9. The predicted molar refractivity (Wildman–Crippen MR) is 171 cm³/mol. The fourth-order valence-corrected chi connectivity index (χ4v) is 4.97. The zero-order valence-electron chi connectivity index (χ0n) is 28.1. The topological polar surface area (TPSA) is 105 Å². The third kappa shape index (κ3) is 28.4. The number of rotatable bonds is 30. The van der Waals surface area contributed by atoms with Gasteiger partial charge in [-0.05, 0) is 19.3 Å². The lowest BCUT2D eigenvalue weighted by molar-refractivity contribution is -0.179. The Balaban J connectivity index is 4.60. The van der Waals surface area contributed by atoms with Gasteiger partial charge in [0.05, 0.1) is 0 Å². The van der Waals surface area contributed by atoms with Crippen molar-refractivity contribution in [1.29, 1.82) is 0 Å². The first-order chi connectivity index (χ1) is 20.8. The maximum atomic E-state index is 13.0. The molecule has 0 aromatic rings. The number of ether oxygens (including phenoxy) is 4. The average molecular weight is 613 g/mol. The summed E-state index contributed by atoms with van der Waals surface area (Å²) in [5.74, 6) is -2.18. The van der Waals surface area contributed by atoms with E-state index in [1.165, 1.54) is 104 Å². The van der Waals surface area contributed by atoms with Gasteiger partial charge >= 0.3 is 23.9 Å². The second-order valence-electron chi connectivity index (χ2n) is 11.9. The van der Waals surface area contributed by atoms with Gasteiger partial charge in [-0.2, -0.15) is 0 Å². The van der Waals surface area contributed by atoms with Crippen molar-refractivity contribution in [2.45, 2.75) is 188 Å². The number of esters is 4. The summed E-state index contributed by atoms with van der Waals surface area (Å²) in [7, 11) is 0. The lowest BCUT2D eigenvalue weighted by atomic mass is 10.0. The van der Waals surface area contributed by atoms with Gasteiger partial charge in [0.15, 0.2) is 12.2 Å². The molecule has 0 aromatic heterocycles. The van der Waals surface area contributed by atoms with E-state index < -0.39 is 36.1 Å². The van der Waals surface area contributed by atoms with E-state index in [0.717, 1.165) is 44.9 Å². The van der Waals surface area contributed by atoms with Crippen LogP contribution in [0.25, 0.3) is 0 Å². The van der Waals surface area contributed by atoms with Gasteiger partial charge in [0.2, 0.25) is 0 Å². The molecule has 8 nitrogen and oxygen atoms in total. The largest absolute Gasteiger partial charge is 0.462 e. The third-order valence-electron chi connectivity index (χ3n) is 7.57. The zero-order chi connectivity index (χ0) is 32.0. The summed E-state index contributed by atoms with van der Waals surface area (Å²) in [5, 5.41) is 0. The Labute approximate surface area is 262 Å². The van der Waals surface area contributed by atoms with Crippen LogP contribution in [0.2, 0.25) is 0 Å². The number of unbranched alkanes of at least 4 members (excludes halogenated alkanes) is 19. The highest BCUT2D eigenvalue weighted by atomic mass is 16.6. The van der Waals surface area contributed by atoms with Gasteiger partial charge in [-0.1, -0.05) is 136 Å². The summed E-state index contributed by atoms with van der Waals surface area (Å²) in [4.78, 5) is 48.2. The molecule has 252 valence electrons. The van der Waals surface area contributed by atoms with Gasteiger partial charge in [-0.25, -0.2) is 4.79 Å². The quantitative estimate of drug-likeness (QED) is 0.0450. The van der Waals surface area contributed by atoms with Gasteiger partial charge in [0.1, 0.15) is 13.2 Å². The minimum Gasteiger partial charge on any atom is -0.462 e. The number of carbonyl (C=O) groups is 4. The molecule has 0 aromatic carbocycles. The highest BCUT2D eigenvalue weighted by Crippen LogP contribution is 2.17. The summed E-state index contributed by atoms with van der Waals surface area (Å²) in [6.45, 7) is 6.44. The fraction of sp³-hybridized carbons (Fsp3) is 0.886. The van der Waals surface area contributed by atoms with Crippen molar-refractivity contribution in [3.8, 4) is 0 Å². The zero-order valence-corrected chi connectivity index (χ0v) is 28.1. The Bertz CT molecular complexity index is 690. The van der Waals surface area contributed by atoms with E-state index >= 15 is 0 Å². The fourth-order valence-electron chi connectivity index (χ4n) is 4.97. The van der Waals surface area contributed by atoms with Crippen LogP contribution in [0.5, 0.6) is 0 Å². The van der Waals surface area contributed by atoms with Crippen LogP contribution in [0.15, 0.2) is 0 Å². The monoisotopic (exact) mass is 612 g/mol. The van der Waals surface area contributed by atoms with Crippen LogP contribution < -0.4 is 0 Å². The lowest BCUT2D eigenvalue weighted by Gasteiger charge is -2.22. The molecule has 43 heavy (non-hydrogen) atoms. The van der Waals surface area contributed by atoms with Gasteiger partial charge in [0.25, 0.3) is 0 Å². The molecular formula is C35H64O8. The normalized spacial score (nSPS) is 11.7. The molecule has 0 heterocycles. The molecule has 0 rings (SSSR count). The molecule has 0 radical (unpaired) electrons. The number of carbonyl (C=O) groups excluding carboxylic acids is 4. The van der Waals surface area contributed by atoms with Crippen LogP contribution in [0.3, 0.4) is 0 Å². The molecule has 8 heteroatoms. The van der Waals surface area contributed by atoms with Crippen molar-refractivity contribution < 1.29 is 38.1 Å². The van der Waals surface area contributed by atoms with Crippen LogP contribution in [-0.2, 0) is 38.1 Å². The molecule has 0 fully saturated rings. The maximum absolute atomic E-state index is 13.0. The summed E-state index contributed by atoms with van der Waals surface area (Å²) in [5.41, 5.74) is 0. The third-order valence-corrected chi connectivity index (χ3v) is 7.57. The van der Waals surface area contributed by atoms with Crippen LogP contribution in [0, 0.1) is 0 Å². The first-order valence-corrected chi connectivity index (χ1v) is 17.5. The maximum Gasteiger partial charge on any atom is 0.347 e. The molecule has 0 aliphatic heterocycles. The van der Waals surface area contributed by atoms with E-state index in [1.807, 2.05) is 0 Å². The van der Waals surface area contributed by atoms with Crippen molar-refractivity contribution in [2.24, 2.45) is 0 Å². The summed E-state index contributed by atoms with van der Waals surface area (Å²) in [6.07, 6.45) is 23.4. The molecule has 0 aliphatic rings. The Hall–Kier alpha value is -2.12. The first-order valence-electron chi connectivity index (χ1n) is 17.5. The highest BCUT2D eigenvalue weighted by Gasteiger charge is 2.28. The van der Waals surface area contributed by atoms with Crippen LogP contribution in [0.1, 0.15) is 175 Å². The minimum atomic E-state index is -1.04. The summed E-state index contributed by atoms with van der Waals surface area (Å²) < 4.78 is 21.0. The van der Waals surface area contributed by atoms with E-state index in [0.29, 0.717) is 6.42 Å². The van der Waals surface area contributed by atoms with Crippen molar-refractivity contribution in [3.05, 3.63) is 0 Å². The molecule has 0 saturated heterocycles. The van der Waals surface area contributed by atoms with Crippen molar-refractivity contribution >= 4 is 23.9 Å². The molecule has 0 spiro atoms. The molecule has 0 amide bonds. The summed E-state index contributed by atoms with van der Waals surface area (Å²) >= 11 is 0. The molecule has 0 aliphatic carbocycles. The smallest absolute Gasteiger partial charge is 0.347 e. The van der Waals surface area contributed by atoms with Gasteiger partial charge in [0, 0.05) is 20.3 Å². The van der Waals surface area contributed by atoms with Crippen LogP contribution in [0.4, 0.5) is 0 Å². The first kappa shape index (κ1) is 40.9. The van der Waals surface area contributed by atoms with E-state index in [2.05, 4.69) is 13.8 Å². The molecule has 0 bridgehead atoms. The Morgan fingerprint density at radius 1 is 0.488 bits per heavy atom. The lowest BCUT2D eigenvalue weighted by Crippen LogP contribution is -2.36. The van der Waals surface area contributed by atoms with Crippen molar-refractivity contribution in [2.75, 3.05) is 13.2 Å². The van der Waals surface area contributed by atoms with E-state index in [-0.39, 0.29) is 19.6 Å². The molecule has 0 saturated carbocycles. The SMILES string of the molecule is CCCCCCCCCCCCCCCCC(OC(=O)CCCCCCCCC)C(=O)OC(COC(C)=O)COC(C)=O. The van der Waals surface area contributed by atoms with E-state index in [1.54, 1.807) is 0 Å². The highest BCUT2D eigenvalue weighted by molar-refractivity contribution is 5.79. The summed E-state index contributed by atoms with van der Waals surface area (Å²) in [6, 6.07) is 0. The second-order valence-corrected chi connectivity index (χ2v) is 11.9. The van der Waals surface area contributed by atoms with Gasteiger partial charge in [-0.15, -0.1) is 0 Å². The standard InChI is InChI=1S/C35H64O8/c1-5-7-9-11-13-14-15-16-17-18-19-21-22-24-26-33(43-34(38)27-25-23-20-12-10-8-6-2)35(39)42-32(28-40-30(3)36)29-41-31(4)37/h32-33H,5-29H2,1-4H3. The Morgan fingerprint density at radius 3 is 1.26 bits per heavy atom. The van der Waals surface area contributed by atoms with Gasteiger partial charge < -0.3 is 18.9 Å². The number of hydrogen-bond donors (Lipinski definition) is 0. The predicted octanol–water partition coefficient (Wildman–Crippen LogP) is 8.95. The molecular weight excluding hydrogens is 548 g/mol. The molecule has 1 unspecified atom stereocenters. The minimum absolute atomic E-state index is 0.244. The number of hydrogen-bond acceptors (Lipinski definition) is 8. The molecule has 0 N–H and O–H groups in total. The Morgan fingerprint density at radius 2 is 0.860 bits per heavy atom. The van der Waals surface area contributed by atoms with Crippen LogP contribution in [-0.4, -0.2) is 49.3 Å². The van der Waals surface area contributed by atoms with E-state index in [4.69, 9.17) is 18.9 Å².